The van der Waals surface area contributed by atoms with Crippen LogP contribution in [0.25, 0.3) is 0 Å². The highest BCUT2D eigenvalue weighted by Gasteiger charge is 2.54. The van der Waals surface area contributed by atoms with Crippen LogP contribution in [0.5, 0.6) is 5.75 Å². The summed E-state index contributed by atoms with van der Waals surface area (Å²) < 4.78 is 45.7. The van der Waals surface area contributed by atoms with E-state index < -0.39 is 48.1 Å². The average Bonchev–Trinajstić information content (AvgIpc) is 3.60. The summed E-state index contributed by atoms with van der Waals surface area (Å²) in [7, 11) is 0. The van der Waals surface area contributed by atoms with E-state index in [2.05, 4.69) is 15.3 Å². The van der Waals surface area contributed by atoms with Crippen LogP contribution in [-0.2, 0) is 9.59 Å². The predicted octanol–water partition coefficient (Wildman–Crippen LogP) is 4.31. The first-order valence-corrected chi connectivity index (χ1v) is 12.6. The fourth-order valence-electron chi connectivity index (χ4n) is 5.36. The van der Waals surface area contributed by atoms with Gasteiger partial charge >= 0.3 is 6.18 Å². The minimum Gasteiger partial charge on any atom is -0.480 e. The summed E-state index contributed by atoms with van der Waals surface area (Å²) in [4.78, 5) is 36.6. The topological polar surface area (TPSA) is 110 Å². The van der Waals surface area contributed by atoms with E-state index in [1.54, 1.807) is 44.3 Å². The van der Waals surface area contributed by atoms with Crippen molar-refractivity contribution in [2.24, 2.45) is 22.6 Å². The Hall–Kier alpha value is -3.34. The van der Waals surface area contributed by atoms with Crippen molar-refractivity contribution >= 4 is 29.4 Å². The predicted molar refractivity (Wildman–Crippen MR) is 133 cm³/mol. The van der Waals surface area contributed by atoms with Gasteiger partial charge in [0, 0.05) is 30.3 Å². The minimum absolute atomic E-state index is 0.0358. The molecule has 2 aromatic rings. The molecule has 2 amide bonds. The van der Waals surface area contributed by atoms with Crippen molar-refractivity contribution in [1.82, 2.24) is 15.2 Å². The summed E-state index contributed by atoms with van der Waals surface area (Å²) in [6.07, 6.45) is -3.51. The van der Waals surface area contributed by atoms with Gasteiger partial charge in [0.15, 0.2) is 12.1 Å². The molecule has 3 heterocycles. The lowest BCUT2D eigenvalue weighted by Gasteiger charge is -2.38. The van der Waals surface area contributed by atoms with Crippen molar-refractivity contribution in [3.05, 3.63) is 58.9 Å². The summed E-state index contributed by atoms with van der Waals surface area (Å²) in [5.41, 5.74) is 6.66. The van der Waals surface area contributed by atoms with Gasteiger partial charge in [-0.3, -0.25) is 19.5 Å². The summed E-state index contributed by atoms with van der Waals surface area (Å²) in [5.74, 6) is -1.44. The number of nitrogens with one attached hydrogen (secondary N) is 1. The van der Waals surface area contributed by atoms with Crippen LogP contribution >= 0.6 is 11.6 Å². The van der Waals surface area contributed by atoms with Crippen molar-refractivity contribution in [3.8, 4) is 5.75 Å². The number of nitrogens with zero attached hydrogens (tertiary/aromatic N) is 3. The molecule has 1 aliphatic carbocycles. The standard InChI is InChI=1S/C26H27ClF3N5O3/c1-25(2)10-21(36)35(24(31)34-25)22(13-7-14(27)12-32-11-13)16-8-17(16)23(37)33-18-9-20(26(28,29)30)38-19-6-4-3-5-15(18)19/h3-7,11-12,16-18,20,22H,8-10H2,1-2H3,(H2,31,34)(H,33,37)/t16?,17?,18-,20-,22+/m0/s1. The molecule has 5 rings (SSSR count). The Morgan fingerprint density at radius 1 is 1.26 bits per heavy atom. The molecule has 0 spiro atoms. The Morgan fingerprint density at radius 2 is 2.00 bits per heavy atom. The molecule has 1 saturated carbocycles. The molecule has 38 heavy (non-hydrogen) atoms. The van der Waals surface area contributed by atoms with Crippen LogP contribution in [0.3, 0.4) is 0 Å². The normalized spacial score (nSPS) is 27.1. The number of hydrogen-bond donors (Lipinski definition) is 2. The molecule has 1 aromatic carbocycles. The van der Waals surface area contributed by atoms with Gasteiger partial charge in [-0.2, -0.15) is 13.2 Å². The molecule has 202 valence electrons. The molecule has 2 unspecified atom stereocenters. The van der Waals surface area contributed by atoms with Crippen molar-refractivity contribution in [3.63, 3.8) is 0 Å². The smallest absolute Gasteiger partial charge is 0.425 e. The molecule has 0 bridgehead atoms. The third kappa shape index (κ3) is 5.16. The summed E-state index contributed by atoms with van der Waals surface area (Å²) in [6, 6.07) is 6.49. The van der Waals surface area contributed by atoms with Gasteiger partial charge in [-0.05, 0) is 43.9 Å². The van der Waals surface area contributed by atoms with Gasteiger partial charge in [0.05, 0.1) is 29.1 Å². The van der Waals surface area contributed by atoms with Crippen LogP contribution < -0.4 is 15.8 Å². The highest BCUT2D eigenvalue weighted by Crippen LogP contribution is 2.52. The van der Waals surface area contributed by atoms with Gasteiger partial charge in [0.2, 0.25) is 11.8 Å². The number of benzene rings is 1. The lowest BCUT2D eigenvalue weighted by Crippen LogP contribution is -2.52. The second kappa shape index (κ2) is 9.44. The number of carbonyl (C=O) groups excluding carboxylic acids is 2. The SMILES string of the molecule is CC1(C)CC(=O)N([C@H](c2cncc(Cl)c2)C2CC2C(=O)N[C@H]2C[C@@H](C(F)(F)F)Oc3ccccc32)C(N)=N1. The van der Waals surface area contributed by atoms with E-state index in [-0.39, 0.29) is 30.0 Å². The Morgan fingerprint density at radius 3 is 2.68 bits per heavy atom. The molecular formula is C26H27ClF3N5O3. The molecule has 0 saturated heterocycles. The zero-order valence-electron chi connectivity index (χ0n) is 20.7. The zero-order chi connectivity index (χ0) is 27.4. The number of guanidine groups is 1. The third-order valence-electron chi connectivity index (χ3n) is 7.14. The molecule has 0 radical (unpaired) electrons. The molecule has 3 aliphatic rings. The Balaban J connectivity index is 1.40. The van der Waals surface area contributed by atoms with Crippen LogP contribution in [0, 0.1) is 11.8 Å². The molecule has 1 fully saturated rings. The Kier molecular flexibility index (Phi) is 6.53. The van der Waals surface area contributed by atoms with E-state index in [0.717, 1.165) is 0 Å². The summed E-state index contributed by atoms with van der Waals surface area (Å²) in [5, 5.41) is 3.15. The first kappa shape index (κ1) is 26.3. The second-order valence-corrected chi connectivity index (χ2v) is 11.0. The fraction of sp³-hybridized carbons (Fsp3) is 0.462. The number of halogens is 4. The number of nitrogens with two attached hydrogens (primary N) is 1. The maximum Gasteiger partial charge on any atom is 0.425 e. The minimum atomic E-state index is -4.58. The van der Waals surface area contributed by atoms with Crippen LogP contribution in [0.1, 0.15) is 56.3 Å². The molecule has 5 atom stereocenters. The third-order valence-corrected chi connectivity index (χ3v) is 7.35. The monoisotopic (exact) mass is 549 g/mol. The van der Waals surface area contributed by atoms with Gasteiger partial charge in [0.1, 0.15) is 5.75 Å². The van der Waals surface area contributed by atoms with E-state index in [0.29, 0.717) is 22.6 Å². The molecule has 12 heteroatoms. The number of alkyl halides is 3. The van der Waals surface area contributed by atoms with E-state index in [1.165, 1.54) is 17.2 Å². The number of para-hydroxylation sites is 1. The number of carbonyl (C=O) groups is 2. The second-order valence-electron chi connectivity index (χ2n) is 10.6. The van der Waals surface area contributed by atoms with Crippen LogP contribution in [0.4, 0.5) is 13.2 Å². The van der Waals surface area contributed by atoms with Gasteiger partial charge in [-0.25, -0.2) is 4.99 Å². The highest BCUT2D eigenvalue weighted by atomic mass is 35.5. The Bertz CT molecular complexity index is 1300. The molecule has 2 aliphatic heterocycles. The van der Waals surface area contributed by atoms with Gasteiger partial charge in [-0.1, -0.05) is 29.8 Å². The molecule has 3 N–H and O–H groups in total. The zero-order valence-corrected chi connectivity index (χ0v) is 21.5. The van der Waals surface area contributed by atoms with Gasteiger partial charge in [0.25, 0.3) is 0 Å². The quantitative estimate of drug-likeness (QED) is 0.577. The Labute approximate surface area is 222 Å². The van der Waals surface area contributed by atoms with Crippen molar-refractivity contribution < 1.29 is 27.5 Å². The number of pyridine rings is 1. The van der Waals surface area contributed by atoms with Crippen LogP contribution in [0.2, 0.25) is 5.02 Å². The number of fused-ring (bicyclic) bond motifs is 1. The van der Waals surface area contributed by atoms with Gasteiger partial charge in [-0.15, -0.1) is 0 Å². The maximum absolute atomic E-state index is 13.5. The summed E-state index contributed by atoms with van der Waals surface area (Å²) in [6.45, 7) is 3.61. The molecule has 8 nitrogen and oxygen atoms in total. The number of rotatable bonds is 5. The first-order chi connectivity index (χ1) is 17.8. The van der Waals surface area contributed by atoms with Crippen LogP contribution in [0.15, 0.2) is 47.7 Å². The van der Waals surface area contributed by atoms with Crippen molar-refractivity contribution in [2.75, 3.05) is 0 Å². The van der Waals surface area contributed by atoms with E-state index in [9.17, 15) is 22.8 Å². The first-order valence-electron chi connectivity index (χ1n) is 12.2. The van der Waals surface area contributed by atoms with E-state index in [4.69, 9.17) is 22.1 Å². The van der Waals surface area contributed by atoms with Crippen LogP contribution in [-0.4, -0.2) is 45.5 Å². The molecule has 1 aromatic heterocycles. The van der Waals surface area contributed by atoms with E-state index >= 15 is 0 Å². The maximum atomic E-state index is 13.5. The fourth-order valence-corrected chi connectivity index (χ4v) is 5.54. The van der Waals surface area contributed by atoms with E-state index in [1.807, 2.05) is 0 Å². The van der Waals surface area contributed by atoms with Gasteiger partial charge < -0.3 is 15.8 Å². The number of aliphatic imine (C=N–C) groups is 1. The lowest BCUT2D eigenvalue weighted by atomic mass is 9.94. The highest BCUT2D eigenvalue weighted by molar-refractivity contribution is 6.30. The number of hydrogen-bond acceptors (Lipinski definition) is 6. The average molecular weight is 550 g/mol. The largest absolute Gasteiger partial charge is 0.480 e. The van der Waals surface area contributed by atoms with Crippen molar-refractivity contribution in [1.29, 1.82) is 0 Å². The number of amides is 2. The molecular weight excluding hydrogens is 523 g/mol. The number of aromatic nitrogens is 1. The summed E-state index contributed by atoms with van der Waals surface area (Å²) >= 11 is 6.19. The van der Waals surface area contributed by atoms with Crippen molar-refractivity contribution in [2.45, 2.75) is 63.0 Å². The lowest BCUT2D eigenvalue weighted by molar-refractivity contribution is -0.201. The number of ether oxygens (including phenoxy) is 1.